The molecule has 1 fully saturated rings. The lowest BCUT2D eigenvalue weighted by molar-refractivity contribution is -0.170. The number of amides is 1. The van der Waals surface area contributed by atoms with Crippen molar-refractivity contribution in [1.29, 1.82) is 0 Å². The van der Waals surface area contributed by atoms with Crippen molar-refractivity contribution in [3.8, 4) is 0 Å². The number of aryl methyl sites for hydroxylation is 2. The Kier molecular flexibility index (Phi) is 7.33. The third kappa shape index (κ3) is 3.66. The molecule has 2 atom stereocenters. The number of fused-ring (bicyclic) bond motifs is 1. The number of nitrogens with one attached hydrogen (secondary N) is 2. The molecular formula is C18H29Cl2N5O3. The van der Waals surface area contributed by atoms with Gasteiger partial charge in [-0.1, -0.05) is 13.8 Å². The fraction of sp³-hybridized carbons (Fsp3) is 0.611. The van der Waals surface area contributed by atoms with E-state index < -0.39 is 11.0 Å². The summed E-state index contributed by atoms with van der Waals surface area (Å²) in [6, 6.07) is 1.45. The van der Waals surface area contributed by atoms with Gasteiger partial charge in [0.15, 0.2) is 5.65 Å². The zero-order valence-corrected chi connectivity index (χ0v) is 18.4. The monoisotopic (exact) mass is 433 g/mol. The van der Waals surface area contributed by atoms with Gasteiger partial charge in [-0.25, -0.2) is 9.50 Å². The average molecular weight is 434 g/mol. The second kappa shape index (κ2) is 8.41. The summed E-state index contributed by atoms with van der Waals surface area (Å²) in [5, 5.41) is 5.66. The number of hydrogen-bond acceptors (Lipinski definition) is 5. The van der Waals surface area contributed by atoms with E-state index in [1.807, 2.05) is 34.6 Å². The third-order valence-electron chi connectivity index (χ3n) is 5.86. The lowest BCUT2D eigenvalue weighted by atomic mass is 9.54. The molecule has 8 nitrogen and oxygen atoms in total. The smallest absolute Gasteiger partial charge is 0.266 e. The number of aromatic nitrogens is 3. The summed E-state index contributed by atoms with van der Waals surface area (Å²) in [6.45, 7) is 10.5. The van der Waals surface area contributed by atoms with E-state index in [-0.39, 0.29) is 42.4 Å². The number of ether oxygens (including phenoxy) is 1. The van der Waals surface area contributed by atoms with Crippen LogP contribution in [0.15, 0.2) is 10.9 Å². The predicted molar refractivity (Wildman–Crippen MR) is 112 cm³/mol. The van der Waals surface area contributed by atoms with Crippen molar-refractivity contribution in [3.05, 3.63) is 33.4 Å². The molecule has 1 amide bonds. The fourth-order valence-electron chi connectivity index (χ4n) is 3.76. The van der Waals surface area contributed by atoms with Crippen LogP contribution in [0.4, 0.5) is 0 Å². The minimum atomic E-state index is -0.964. The van der Waals surface area contributed by atoms with Crippen molar-refractivity contribution in [2.75, 3.05) is 6.61 Å². The normalized spacial score (nSPS) is 22.7. The Labute approximate surface area is 176 Å². The standard InChI is InChI=1S/C18H27N5O3.2ClH/c1-6-26-13-8-18(19,17(13,4)5)16(25)20-9-12-10(2)21-14-7-15(24)22-23(14)11(12)3;;/h7,13H,6,8-9,19H2,1-5H3,(H,20,25)(H,22,24);2*1H. The lowest BCUT2D eigenvalue weighted by Gasteiger charge is -2.57. The summed E-state index contributed by atoms with van der Waals surface area (Å²) >= 11 is 0. The van der Waals surface area contributed by atoms with Gasteiger partial charge in [-0.2, -0.15) is 0 Å². The Morgan fingerprint density at radius 1 is 1.43 bits per heavy atom. The van der Waals surface area contributed by atoms with Gasteiger partial charge in [-0.15, -0.1) is 24.8 Å². The number of hydrogen-bond donors (Lipinski definition) is 3. The average Bonchev–Trinajstić information content (AvgIpc) is 2.94. The summed E-state index contributed by atoms with van der Waals surface area (Å²) in [7, 11) is 0. The van der Waals surface area contributed by atoms with Crippen LogP contribution < -0.4 is 16.6 Å². The summed E-state index contributed by atoms with van der Waals surface area (Å²) in [4.78, 5) is 28.8. The van der Waals surface area contributed by atoms with E-state index in [0.29, 0.717) is 25.2 Å². The Morgan fingerprint density at radius 3 is 2.64 bits per heavy atom. The molecule has 0 aliphatic heterocycles. The van der Waals surface area contributed by atoms with Crippen molar-refractivity contribution in [2.24, 2.45) is 11.1 Å². The maximum Gasteiger partial charge on any atom is 0.266 e. The van der Waals surface area contributed by atoms with Gasteiger partial charge in [-0.05, 0) is 20.8 Å². The highest BCUT2D eigenvalue weighted by Gasteiger charge is 2.62. The van der Waals surface area contributed by atoms with Crippen LogP contribution in [-0.2, 0) is 16.1 Å². The quantitative estimate of drug-likeness (QED) is 0.662. The first kappa shape index (κ1) is 24.4. The molecule has 0 radical (unpaired) electrons. The second-order valence-electron chi connectivity index (χ2n) is 7.60. The molecule has 158 valence electrons. The summed E-state index contributed by atoms with van der Waals surface area (Å²) in [5.74, 6) is -0.196. The summed E-state index contributed by atoms with van der Waals surface area (Å²) in [5.41, 5.74) is 7.84. The number of aromatic amines is 1. The van der Waals surface area contributed by atoms with Crippen LogP contribution in [0.25, 0.3) is 5.65 Å². The van der Waals surface area contributed by atoms with Crippen LogP contribution in [0.5, 0.6) is 0 Å². The molecule has 0 saturated heterocycles. The molecule has 4 N–H and O–H groups in total. The van der Waals surface area contributed by atoms with E-state index in [2.05, 4.69) is 15.4 Å². The summed E-state index contributed by atoms with van der Waals surface area (Å²) < 4.78 is 7.32. The molecule has 3 rings (SSSR count). The molecule has 28 heavy (non-hydrogen) atoms. The van der Waals surface area contributed by atoms with Gasteiger partial charge in [0.05, 0.1) is 6.10 Å². The molecule has 2 aromatic heterocycles. The second-order valence-corrected chi connectivity index (χ2v) is 7.60. The lowest BCUT2D eigenvalue weighted by Crippen LogP contribution is -2.75. The topological polar surface area (TPSA) is 115 Å². The minimum Gasteiger partial charge on any atom is -0.378 e. The molecular weight excluding hydrogens is 405 g/mol. The van der Waals surface area contributed by atoms with Gasteiger partial charge in [0, 0.05) is 48.0 Å². The number of nitrogens with two attached hydrogens (primary N) is 1. The van der Waals surface area contributed by atoms with Gasteiger partial charge in [0.25, 0.3) is 5.56 Å². The first-order valence-electron chi connectivity index (χ1n) is 8.88. The largest absolute Gasteiger partial charge is 0.378 e. The van der Waals surface area contributed by atoms with Crippen LogP contribution in [0, 0.1) is 19.3 Å². The van der Waals surface area contributed by atoms with Gasteiger partial charge in [0.2, 0.25) is 5.91 Å². The van der Waals surface area contributed by atoms with Crippen LogP contribution in [0.3, 0.4) is 0 Å². The highest BCUT2D eigenvalue weighted by atomic mass is 35.5. The van der Waals surface area contributed by atoms with Crippen molar-refractivity contribution < 1.29 is 9.53 Å². The van der Waals surface area contributed by atoms with Gasteiger partial charge >= 0.3 is 0 Å². The molecule has 0 spiro atoms. The van der Waals surface area contributed by atoms with Crippen LogP contribution >= 0.6 is 24.8 Å². The number of halogens is 2. The Morgan fingerprint density at radius 2 is 2.07 bits per heavy atom. The van der Waals surface area contributed by atoms with E-state index in [1.165, 1.54) is 6.07 Å². The highest BCUT2D eigenvalue weighted by molar-refractivity contribution is 5.88. The number of carbonyl (C=O) groups is 1. The highest BCUT2D eigenvalue weighted by Crippen LogP contribution is 2.49. The number of carbonyl (C=O) groups excluding carboxylic acids is 1. The zero-order chi connectivity index (χ0) is 19.3. The molecule has 2 unspecified atom stereocenters. The first-order chi connectivity index (χ1) is 12.1. The maximum absolute atomic E-state index is 12.8. The number of rotatable bonds is 5. The zero-order valence-electron chi connectivity index (χ0n) is 16.8. The van der Waals surface area contributed by atoms with Gasteiger partial charge in [0.1, 0.15) is 5.54 Å². The van der Waals surface area contributed by atoms with E-state index in [4.69, 9.17) is 10.5 Å². The predicted octanol–water partition coefficient (Wildman–Crippen LogP) is 1.63. The SMILES string of the molecule is CCOC1CC(N)(C(=O)NCc2c(C)nc3cc(=O)[nH]n3c2C)C1(C)C.Cl.Cl. The Bertz CT molecular complexity index is 924. The molecule has 1 aliphatic carbocycles. The minimum absolute atomic E-state index is 0. The maximum atomic E-state index is 12.8. The Hall–Kier alpha value is -1.61. The molecule has 1 saturated carbocycles. The molecule has 1 aliphatic rings. The van der Waals surface area contributed by atoms with Crippen molar-refractivity contribution in [2.45, 2.75) is 59.2 Å². The van der Waals surface area contributed by atoms with Crippen LogP contribution in [0.1, 0.15) is 44.1 Å². The van der Waals surface area contributed by atoms with E-state index in [1.54, 1.807) is 4.52 Å². The molecule has 2 heterocycles. The van der Waals surface area contributed by atoms with Gasteiger partial charge < -0.3 is 15.8 Å². The Balaban J connectivity index is 0.00000196. The molecule has 10 heteroatoms. The van der Waals surface area contributed by atoms with Crippen molar-refractivity contribution in [3.63, 3.8) is 0 Å². The van der Waals surface area contributed by atoms with Crippen molar-refractivity contribution >= 4 is 36.4 Å². The third-order valence-corrected chi connectivity index (χ3v) is 5.86. The molecule has 0 bridgehead atoms. The van der Waals surface area contributed by atoms with E-state index in [0.717, 1.165) is 17.0 Å². The molecule has 0 aromatic carbocycles. The number of nitrogens with zero attached hydrogens (tertiary/aromatic N) is 2. The van der Waals surface area contributed by atoms with Crippen molar-refractivity contribution in [1.82, 2.24) is 19.9 Å². The van der Waals surface area contributed by atoms with Gasteiger partial charge in [-0.3, -0.25) is 14.7 Å². The molecule has 2 aromatic rings. The van der Waals surface area contributed by atoms with E-state index in [9.17, 15) is 9.59 Å². The summed E-state index contributed by atoms with van der Waals surface area (Å²) in [6.07, 6.45) is 0.481. The number of H-pyrrole nitrogens is 1. The fourth-order valence-corrected chi connectivity index (χ4v) is 3.76. The van der Waals surface area contributed by atoms with E-state index >= 15 is 0 Å². The van der Waals surface area contributed by atoms with Crippen LogP contribution in [-0.4, -0.2) is 38.8 Å². The first-order valence-corrected chi connectivity index (χ1v) is 8.88. The van der Waals surface area contributed by atoms with Crippen LogP contribution in [0.2, 0.25) is 0 Å².